The molecule has 1 aliphatic heterocycles. The van der Waals surface area contributed by atoms with E-state index in [1.165, 1.54) is 30.6 Å². The van der Waals surface area contributed by atoms with Gasteiger partial charge in [0.25, 0.3) is 0 Å². The van der Waals surface area contributed by atoms with E-state index in [4.69, 9.17) is 0 Å². The molecule has 2 unspecified atom stereocenters. The van der Waals surface area contributed by atoms with E-state index < -0.39 is 0 Å². The molecule has 1 aliphatic rings. The van der Waals surface area contributed by atoms with E-state index >= 15 is 0 Å². The van der Waals surface area contributed by atoms with Crippen LogP contribution < -0.4 is 10.2 Å². The van der Waals surface area contributed by atoms with E-state index in [9.17, 15) is 0 Å². The van der Waals surface area contributed by atoms with Crippen LogP contribution in [0.3, 0.4) is 0 Å². The number of anilines is 1. The first-order valence-electron chi connectivity index (χ1n) is 6.82. The third-order valence-corrected chi connectivity index (χ3v) is 3.79. The van der Waals surface area contributed by atoms with Gasteiger partial charge in [0.2, 0.25) is 0 Å². The van der Waals surface area contributed by atoms with Gasteiger partial charge in [0.05, 0.1) is 0 Å². The van der Waals surface area contributed by atoms with Gasteiger partial charge >= 0.3 is 0 Å². The third kappa shape index (κ3) is 2.81. The van der Waals surface area contributed by atoms with Gasteiger partial charge in [-0.25, -0.2) is 0 Å². The Labute approximate surface area is 105 Å². The SMILES string of the molecule is CCNC(C)c1ccc(N2CCCC2C)cc1. The Morgan fingerprint density at radius 2 is 2.06 bits per heavy atom. The number of hydrogen-bond acceptors (Lipinski definition) is 2. The summed E-state index contributed by atoms with van der Waals surface area (Å²) in [4.78, 5) is 2.52. The van der Waals surface area contributed by atoms with Crippen LogP contribution >= 0.6 is 0 Å². The van der Waals surface area contributed by atoms with Crippen molar-refractivity contribution in [2.45, 2.75) is 45.7 Å². The van der Waals surface area contributed by atoms with Crippen LogP contribution in [0.1, 0.15) is 45.2 Å². The Kier molecular flexibility index (Phi) is 4.06. The molecule has 17 heavy (non-hydrogen) atoms. The van der Waals surface area contributed by atoms with Crippen LogP contribution in [-0.2, 0) is 0 Å². The molecule has 1 aromatic rings. The minimum absolute atomic E-state index is 0.449. The maximum Gasteiger partial charge on any atom is 0.0368 e. The van der Waals surface area contributed by atoms with Crippen LogP contribution in [0.25, 0.3) is 0 Å². The van der Waals surface area contributed by atoms with Gasteiger partial charge in [-0.2, -0.15) is 0 Å². The molecule has 0 amide bonds. The molecule has 1 saturated heterocycles. The first kappa shape index (κ1) is 12.4. The molecular weight excluding hydrogens is 208 g/mol. The van der Waals surface area contributed by atoms with Crippen LogP contribution in [0.5, 0.6) is 0 Å². The van der Waals surface area contributed by atoms with Crippen molar-refractivity contribution in [2.24, 2.45) is 0 Å². The van der Waals surface area contributed by atoms with Gasteiger partial charge in [0.15, 0.2) is 0 Å². The zero-order chi connectivity index (χ0) is 12.3. The van der Waals surface area contributed by atoms with Crippen LogP contribution in [-0.4, -0.2) is 19.1 Å². The van der Waals surface area contributed by atoms with Gasteiger partial charge in [0, 0.05) is 24.3 Å². The van der Waals surface area contributed by atoms with E-state index in [-0.39, 0.29) is 0 Å². The minimum atomic E-state index is 0.449. The van der Waals surface area contributed by atoms with E-state index in [2.05, 4.69) is 55.3 Å². The van der Waals surface area contributed by atoms with Crippen molar-refractivity contribution in [1.82, 2.24) is 5.32 Å². The minimum Gasteiger partial charge on any atom is -0.369 e. The molecule has 1 aromatic carbocycles. The maximum atomic E-state index is 3.45. The molecule has 0 aromatic heterocycles. The fraction of sp³-hybridized carbons (Fsp3) is 0.600. The molecule has 1 fully saturated rings. The lowest BCUT2D eigenvalue weighted by Gasteiger charge is -2.24. The molecular formula is C15H24N2. The van der Waals surface area contributed by atoms with Crippen molar-refractivity contribution in [3.05, 3.63) is 29.8 Å². The topological polar surface area (TPSA) is 15.3 Å². The van der Waals surface area contributed by atoms with Gasteiger partial charge in [-0.3, -0.25) is 0 Å². The molecule has 1 heterocycles. The first-order chi connectivity index (χ1) is 8.22. The van der Waals surface area contributed by atoms with Crippen molar-refractivity contribution in [1.29, 1.82) is 0 Å². The van der Waals surface area contributed by atoms with Crippen molar-refractivity contribution in [3.8, 4) is 0 Å². The Morgan fingerprint density at radius 3 is 2.59 bits per heavy atom. The van der Waals surface area contributed by atoms with Crippen molar-refractivity contribution >= 4 is 5.69 Å². The number of rotatable bonds is 4. The number of benzene rings is 1. The average Bonchev–Trinajstić information content (AvgIpc) is 2.76. The molecule has 0 radical (unpaired) electrons. The van der Waals surface area contributed by atoms with Crippen LogP contribution in [0, 0.1) is 0 Å². The predicted molar refractivity (Wildman–Crippen MR) is 74.6 cm³/mol. The number of nitrogens with zero attached hydrogens (tertiary/aromatic N) is 1. The van der Waals surface area contributed by atoms with Crippen LogP contribution in [0.2, 0.25) is 0 Å². The number of hydrogen-bond donors (Lipinski definition) is 1. The molecule has 2 atom stereocenters. The molecule has 2 nitrogen and oxygen atoms in total. The Balaban J connectivity index is 2.07. The largest absolute Gasteiger partial charge is 0.369 e. The lowest BCUT2D eigenvalue weighted by Crippen LogP contribution is -2.26. The molecule has 0 spiro atoms. The van der Waals surface area contributed by atoms with Crippen LogP contribution in [0.15, 0.2) is 24.3 Å². The van der Waals surface area contributed by atoms with Crippen molar-refractivity contribution < 1.29 is 0 Å². The lowest BCUT2D eigenvalue weighted by molar-refractivity contribution is 0.598. The predicted octanol–water partition coefficient (Wildman–Crippen LogP) is 3.35. The summed E-state index contributed by atoms with van der Waals surface area (Å²) in [7, 11) is 0. The van der Waals surface area contributed by atoms with Gasteiger partial charge in [-0.1, -0.05) is 19.1 Å². The van der Waals surface area contributed by atoms with Gasteiger partial charge in [0.1, 0.15) is 0 Å². The van der Waals surface area contributed by atoms with Crippen molar-refractivity contribution in [2.75, 3.05) is 18.0 Å². The summed E-state index contributed by atoms with van der Waals surface area (Å²) in [5.41, 5.74) is 2.75. The molecule has 2 heteroatoms. The normalized spacial score (nSPS) is 21.8. The highest BCUT2D eigenvalue weighted by atomic mass is 15.2. The zero-order valence-electron chi connectivity index (χ0n) is 11.2. The van der Waals surface area contributed by atoms with E-state index in [1.54, 1.807) is 0 Å². The molecule has 94 valence electrons. The summed E-state index contributed by atoms with van der Waals surface area (Å²) in [5, 5.41) is 3.45. The quantitative estimate of drug-likeness (QED) is 0.856. The van der Waals surface area contributed by atoms with Crippen LogP contribution in [0.4, 0.5) is 5.69 Å². The van der Waals surface area contributed by atoms with E-state index in [1.807, 2.05) is 0 Å². The Bertz CT molecular complexity index is 344. The molecule has 1 N–H and O–H groups in total. The molecule has 0 bridgehead atoms. The monoisotopic (exact) mass is 232 g/mol. The highest BCUT2D eigenvalue weighted by Crippen LogP contribution is 2.26. The second-order valence-corrected chi connectivity index (χ2v) is 5.06. The van der Waals surface area contributed by atoms with Gasteiger partial charge in [-0.05, 0) is 50.9 Å². The summed E-state index contributed by atoms with van der Waals surface area (Å²) < 4.78 is 0. The van der Waals surface area contributed by atoms with E-state index in [0.717, 1.165) is 6.54 Å². The maximum absolute atomic E-state index is 3.45. The zero-order valence-corrected chi connectivity index (χ0v) is 11.2. The summed E-state index contributed by atoms with van der Waals surface area (Å²) in [6.45, 7) is 8.92. The summed E-state index contributed by atoms with van der Waals surface area (Å²) >= 11 is 0. The second-order valence-electron chi connectivity index (χ2n) is 5.06. The van der Waals surface area contributed by atoms with Gasteiger partial charge in [-0.15, -0.1) is 0 Å². The number of nitrogens with one attached hydrogen (secondary N) is 1. The van der Waals surface area contributed by atoms with Gasteiger partial charge < -0.3 is 10.2 Å². The smallest absolute Gasteiger partial charge is 0.0368 e. The average molecular weight is 232 g/mol. The Morgan fingerprint density at radius 1 is 1.35 bits per heavy atom. The Hall–Kier alpha value is -1.02. The fourth-order valence-corrected chi connectivity index (χ4v) is 2.70. The molecule has 0 saturated carbocycles. The summed E-state index contributed by atoms with van der Waals surface area (Å²) in [6.07, 6.45) is 2.66. The first-order valence-corrected chi connectivity index (χ1v) is 6.82. The molecule has 0 aliphatic carbocycles. The van der Waals surface area contributed by atoms with E-state index in [0.29, 0.717) is 12.1 Å². The molecule has 2 rings (SSSR count). The summed E-state index contributed by atoms with van der Waals surface area (Å²) in [6, 6.07) is 10.2. The fourth-order valence-electron chi connectivity index (χ4n) is 2.70. The summed E-state index contributed by atoms with van der Waals surface area (Å²) in [5.74, 6) is 0. The van der Waals surface area contributed by atoms with Crippen molar-refractivity contribution in [3.63, 3.8) is 0 Å². The lowest BCUT2D eigenvalue weighted by atomic mass is 10.1. The highest BCUT2D eigenvalue weighted by molar-refractivity contribution is 5.49. The highest BCUT2D eigenvalue weighted by Gasteiger charge is 2.20. The third-order valence-electron chi connectivity index (χ3n) is 3.79. The second kappa shape index (κ2) is 5.54. The standard InChI is InChI=1S/C15H24N2/c1-4-16-13(3)14-7-9-15(10-8-14)17-11-5-6-12(17)2/h7-10,12-13,16H,4-6,11H2,1-3H3.